The maximum absolute atomic E-state index is 5.03. The number of nitrogens with one attached hydrogen (secondary N) is 4. The second kappa shape index (κ2) is 4.67. The number of hydrogen-bond donors (Lipinski definition) is 4. The van der Waals surface area contributed by atoms with Gasteiger partial charge < -0.3 is 10.6 Å². The molecule has 4 N–H and O–H groups in total. The van der Waals surface area contributed by atoms with E-state index < -0.39 is 0 Å². The molecule has 0 saturated carbocycles. The van der Waals surface area contributed by atoms with Crippen LogP contribution in [0.2, 0.25) is 0 Å². The van der Waals surface area contributed by atoms with Crippen molar-refractivity contribution >= 4 is 23.0 Å². The van der Waals surface area contributed by atoms with Crippen LogP contribution in [0.1, 0.15) is 11.1 Å². The number of hydrazine groups is 1. The van der Waals surface area contributed by atoms with E-state index in [9.17, 15) is 0 Å². The van der Waals surface area contributed by atoms with E-state index in [4.69, 9.17) is 12.2 Å². The Morgan fingerprint density at radius 1 is 1.38 bits per heavy atom. The van der Waals surface area contributed by atoms with Crippen molar-refractivity contribution in [2.24, 2.45) is 0 Å². The average molecular weight is 236 g/mol. The van der Waals surface area contributed by atoms with Gasteiger partial charge in [-0.1, -0.05) is 17.7 Å². The van der Waals surface area contributed by atoms with Crippen molar-refractivity contribution < 1.29 is 0 Å². The molecule has 1 aromatic rings. The number of aryl methyl sites for hydroxylation is 2. The minimum Gasteiger partial charge on any atom is -0.364 e. The van der Waals surface area contributed by atoms with Crippen LogP contribution in [0.25, 0.3) is 0 Å². The molecule has 86 valence electrons. The minimum atomic E-state index is 0.121. The molecule has 1 atom stereocenters. The van der Waals surface area contributed by atoms with Crippen molar-refractivity contribution in [1.29, 1.82) is 0 Å². The number of rotatable bonds is 2. The average Bonchev–Trinajstić information content (AvgIpc) is 2.22. The van der Waals surface area contributed by atoms with Gasteiger partial charge in [0.25, 0.3) is 0 Å². The highest BCUT2D eigenvalue weighted by molar-refractivity contribution is 7.80. The SMILES string of the molecule is Cc1ccc(NC2CNNC(=S)N2)c(C)c1. The summed E-state index contributed by atoms with van der Waals surface area (Å²) in [7, 11) is 0. The highest BCUT2D eigenvalue weighted by Gasteiger charge is 2.14. The first-order chi connectivity index (χ1) is 7.65. The molecular weight excluding hydrogens is 220 g/mol. The van der Waals surface area contributed by atoms with E-state index in [1.165, 1.54) is 11.1 Å². The third-order valence-electron chi connectivity index (χ3n) is 2.53. The first kappa shape index (κ1) is 11.2. The second-order valence-electron chi connectivity index (χ2n) is 3.99. The number of thiocarbonyl (C=S) groups is 1. The molecule has 0 spiro atoms. The van der Waals surface area contributed by atoms with Crippen LogP contribution >= 0.6 is 12.2 Å². The Labute approximate surface area is 101 Å². The lowest BCUT2D eigenvalue weighted by atomic mass is 10.1. The Kier molecular flexibility index (Phi) is 3.26. The summed E-state index contributed by atoms with van der Waals surface area (Å²) in [4.78, 5) is 0. The summed E-state index contributed by atoms with van der Waals surface area (Å²) in [5.41, 5.74) is 9.52. The zero-order valence-corrected chi connectivity index (χ0v) is 10.2. The molecule has 1 aromatic carbocycles. The molecule has 0 aliphatic carbocycles. The van der Waals surface area contributed by atoms with Crippen LogP contribution in [0, 0.1) is 13.8 Å². The van der Waals surface area contributed by atoms with Gasteiger partial charge in [-0.2, -0.15) is 0 Å². The summed E-state index contributed by atoms with van der Waals surface area (Å²) in [6, 6.07) is 6.36. The summed E-state index contributed by atoms with van der Waals surface area (Å²) in [6.45, 7) is 4.96. The Morgan fingerprint density at radius 3 is 2.88 bits per heavy atom. The molecule has 1 aliphatic heterocycles. The molecule has 1 fully saturated rings. The van der Waals surface area contributed by atoms with Crippen LogP contribution < -0.4 is 21.5 Å². The summed E-state index contributed by atoms with van der Waals surface area (Å²) >= 11 is 5.03. The third kappa shape index (κ3) is 2.62. The van der Waals surface area contributed by atoms with E-state index in [2.05, 4.69) is 53.5 Å². The van der Waals surface area contributed by atoms with Crippen molar-refractivity contribution in [2.45, 2.75) is 20.0 Å². The van der Waals surface area contributed by atoms with E-state index in [-0.39, 0.29) is 6.17 Å². The molecule has 0 bridgehead atoms. The van der Waals surface area contributed by atoms with Crippen molar-refractivity contribution in [1.82, 2.24) is 16.2 Å². The fourth-order valence-corrected chi connectivity index (χ4v) is 1.94. The zero-order valence-electron chi connectivity index (χ0n) is 9.42. The van der Waals surface area contributed by atoms with E-state index in [1.807, 2.05) is 0 Å². The van der Waals surface area contributed by atoms with E-state index >= 15 is 0 Å². The lowest BCUT2D eigenvalue weighted by Gasteiger charge is -2.29. The van der Waals surface area contributed by atoms with Crippen LogP contribution in [0.5, 0.6) is 0 Å². The highest BCUT2D eigenvalue weighted by Crippen LogP contribution is 2.16. The molecule has 5 heteroatoms. The van der Waals surface area contributed by atoms with Gasteiger partial charge in [-0.3, -0.25) is 5.43 Å². The third-order valence-corrected chi connectivity index (χ3v) is 2.74. The van der Waals surface area contributed by atoms with Gasteiger partial charge in [0.1, 0.15) is 6.17 Å². The van der Waals surface area contributed by atoms with Gasteiger partial charge in [-0.15, -0.1) is 0 Å². The summed E-state index contributed by atoms with van der Waals surface area (Å²) in [6.07, 6.45) is 0.121. The fourth-order valence-electron chi connectivity index (χ4n) is 1.73. The highest BCUT2D eigenvalue weighted by atomic mass is 32.1. The van der Waals surface area contributed by atoms with Crippen molar-refractivity contribution in [3.63, 3.8) is 0 Å². The molecule has 0 aromatic heterocycles. The van der Waals surface area contributed by atoms with Crippen LogP contribution in [-0.2, 0) is 0 Å². The minimum absolute atomic E-state index is 0.121. The summed E-state index contributed by atoms with van der Waals surface area (Å²) in [5, 5.41) is 7.18. The van der Waals surface area contributed by atoms with Crippen LogP contribution in [0.15, 0.2) is 18.2 Å². The zero-order chi connectivity index (χ0) is 11.5. The van der Waals surface area contributed by atoms with Crippen LogP contribution in [0.3, 0.4) is 0 Å². The van der Waals surface area contributed by atoms with Gasteiger partial charge in [0.15, 0.2) is 5.11 Å². The molecule has 16 heavy (non-hydrogen) atoms. The smallest absolute Gasteiger partial charge is 0.182 e. The summed E-state index contributed by atoms with van der Waals surface area (Å²) in [5.74, 6) is 0. The van der Waals surface area contributed by atoms with Gasteiger partial charge >= 0.3 is 0 Å². The Hall–Kier alpha value is -1.33. The Balaban J connectivity index is 2.05. The van der Waals surface area contributed by atoms with E-state index in [0.29, 0.717) is 5.11 Å². The fraction of sp³-hybridized carbons (Fsp3) is 0.364. The van der Waals surface area contributed by atoms with E-state index in [1.54, 1.807) is 0 Å². The largest absolute Gasteiger partial charge is 0.364 e. The molecule has 1 heterocycles. The Bertz CT molecular complexity index is 405. The monoisotopic (exact) mass is 236 g/mol. The number of anilines is 1. The summed E-state index contributed by atoms with van der Waals surface area (Å²) < 4.78 is 0. The predicted molar refractivity (Wildman–Crippen MR) is 70.2 cm³/mol. The molecule has 0 amide bonds. The lowest BCUT2D eigenvalue weighted by molar-refractivity contribution is 0.507. The second-order valence-corrected chi connectivity index (χ2v) is 4.40. The molecule has 1 unspecified atom stereocenters. The first-order valence-electron chi connectivity index (χ1n) is 5.28. The normalized spacial score (nSPS) is 19.9. The van der Waals surface area contributed by atoms with Gasteiger partial charge in [-0.25, -0.2) is 5.43 Å². The number of hydrogen-bond acceptors (Lipinski definition) is 3. The molecule has 1 aliphatic rings. The van der Waals surface area contributed by atoms with Crippen LogP contribution in [-0.4, -0.2) is 17.8 Å². The topological polar surface area (TPSA) is 48.1 Å². The molecule has 1 saturated heterocycles. The van der Waals surface area contributed by atoms with Crippen molar-refractivity contribution in [3.8, 4) is 0 Å². The van der Waals surface area contributed by atoms with Gasteiger partial charge in [0, 0.05) is 5.69 Å². The quantitative estimate of drug-likeness (QED) is 0.578. The predicted octanol–water partition coefficient (Wildman–Crippen LogP) is 1.02. The Morgan fingerprint density at radius 2 is 2.19 bits per heavy atom. The standard InChI is InChI=1S/C11H16N4S/c1-7-3-4-9(8(2)5-7)13-10-6-12-15-11(16)14-10/h3-5,10,12-13H,6H2,1-2H3,(H2,14,15,16). The molecule has 2 rings (SSSR count). The van der Waals surface area contributed by atoms with Crippen molar-refractivity contribution in [2.75, 3.05) is 11.9 Å². The van der Waals surface area contributed by atoms with Gasteiger partial charge in [-0.05, 0) is 37.7 Å². The van der Waals surface area contributed by atoms with Gasteiger partial charge in [0.2, 0.25) is 0 Å². The maximum Gasteiger partial charge on any atom is 0.182 e. The number of benzene rings is 1. The first-order valence-corrected chi connectivity index (χ1v) is 5.69. The molecular formula is C11H16N4S. The van der Waals surface area contributed by atoms with Crippen molar-refractivity contribution in [3.05, 3.63) is 29.3 Å². The maximum atomic E-state index is 5.03. The molecule has 0 radical (unpaired) electrons. The lowest BCUT2D eigenvalue weighted by Crippen LogP contribution is -2.61. The van der Waals surface area contributed by atoms with E-state index in [0.717, 1.165) is 12.2 Å². The molecule has 4 nitrogen and oxygen atoms in total. The van der Waals surface area contributed by atoms with Gasteiger partial charge in [0.05, 0.1) is 6.54 Å². The van der Waals surface area contributed by atoms with Crippen LogP contribution in [0.4, 0.5) is 5.69 Å².